The summed E-state index contributed by atoms with van der Waals surface area (Å²) in [4.78, 5) is 22.0. The molecule has 132 valence electrons. The van der Waals surface area contributed by atoms with Gasteiger partial charge in [-0.1, -0.05) is 29.8 Å². The third kappa shape index (κ3) is 4.34. The molecule has 0 fully saturated rings. The van der Waals surface area contributed by atoms with Crippen LogP contribution in [0, 0.1) is 10.1 Å². The highest BCUT2D eigenvalue weighted by molar-refractivity contribution is 7.91. The minimum atomic E-state index is -3.90. The molecule has 0 bridgehead atoms. The van der Waals surface area contributed by atoms with E-state index in [4.69, 9.17) is 16.3 Å². The number of non-ortho nitro benzene ring substituents is 1. The molecule has 0 aromatic heterocycles. The molecule has 0 aliphatic carbocycles. The Bertz CT molecular complexity index is 895. The number of hydrogen-bond acceptors (Lipinski definition) is 6. The van der Waals surface area contributed by atoms with Crippen LogP contribution in [0.4, 0.5) is 5.69 Å². The quantitative estimate of drug-likeness (QED) is 0.431. The first-order chi connectivity index (χ1) is 11.8. The van der Waals surface area contributed by atoms with Crippen LogP contribution < -0.4 is 0 Å². The van der Waals surface area contributed by atoms with Crippen molar-refractivity contribution in [3.05, 3.63) is 69.2 Å². The average Bonchev–Trinajstić information content (AvgIpc) is 2.60. The Morgan fingerprint density at radius 1 is 1.20 bits per heavy atom. The van der Waals surface area contributed by atoms with Crippen molar-refractivity contribution < 1.29 is 22.9 Å². The Hall–Kier alpha value is -2.45. The van der Waals surface area contributed by atoms with Crippen LogP contribution >= 0.6 is 11.6 Å². The number of ether oxygens (including phenoxy) is 1. The van der Waals surface area contributed by atoms with Gasteiger partial charge in [-0.25, -0.2) is 8.42 Å². The summed E-state index contributed by atoms with van der Waals surface area (Å²) in [6.07, 6.45) is 0. The molecule has 0 radical (unpaired) electrons. The molecule has 2 aromatic rings. The van der Waals surface area contributed by atoms with E-state index in [-0.39, 0.29) is 15.6 Å². The van der Waals surface area contributed by atoms with Crippen molar-refractivity contribution in [3.63, 3.8) is 0 Å². The van der Waals surface area contributed by atoms with Crippen molar-refractivity contribution in [1.82, 2.24) is 0 Å². The van der Waals surface area contributed by atoms with Crippen molar-refractivity contribution in [2.24, 2.45) is 0 Å². The van der Waals surface area contributed by atoms with Crippen molar-refractivity contribution in [1.29, 1.82) is 0 Å². The molecular weight excluding hydrogens is 370 g/mol. The summed E-state index contributed by atoms with van der Waals surface area (Å²) in [7, 11) is -2.75. The van der Waals surface area contributed by atoms with E-state index in [2.05, 4.69) is 0 Å². The normalized spacial score (nSPS) is 12.4. The predicted octanol–water partition coefficient (Wildman–Crippen LogP) is 2.98. The molecule has 25 heavy (non-hydrogen) atoms. The molecule has 1 atom stereocenters. The van der Waals surface area contributed by atoms with Gasteiger partial charge in [0.15, 0.2) is 9.84 Å². The standard InChI is InChI=1S/C16H14ClNO6S/c1-24-16(19)14(13-4-2-3-5-15(13)17)10-25(22,23)12-8-6-11(7-9-12)18(20)21/h2-9,14H,10H2,1H3/t14-/m1/s1. The highest BCUT2D eigenvalue weighted by Gasteiger charge is 2.30. The number of halogens is 1. The first-order valence-electron chi connectivity index (χ1n) is 7.05. The topological polar surface area (TPSA) is 104 Å². The average molecular weight is 384 g/mol. The Morgan fingerprint density at radius 2 is 1.80 bits per heavy atom. The van der Waals surface area contributed by atoms with Crippen LogP contribution in [-0.4, -0.2) is 32.2 Å². The SMILES string of the molecule is COC(=O)[C@H](CS(=O)(=O)c1ccc([N+](=O)[O-])cc1)c1ccccc1Cl. The highest BCUT2D eigenvalue weighted by atomic mass is 35.5. The van der Waals surface area contributed by atoms with Crippen LogP contribution in [0.15, 0.2) is 53.4 Å². The molecule has 0 spiro atoms. The molecular formula is C16H14ClNO6S. The second kappa shape index (κ2) is 7.62. The number of hydrogen-bond donors (Lipinski definition) is 0. The number of nitrogens with zero attached hydrogens (tertiary/aromatic N) is 1. The van der Waals surface area contributed by atoms with Crippen LogP contribution in [0.5, 0.6) is 0 Å². The molecule has 2 aromatic carbocycles. The van der Waals surface area contributed by atoms with Crippen LogP contribution in [0.1, 0.15) is 11.5 Å². The minimum absolute atomic E-state index is 0.126. The van der Waals surface area contributed by atoms with Crippen LogP contribution in [-0.2, 0) is 19.4 Å². The maximum Gasteiger partial charge on any atom is 0.314 e. The zero-order valence-corrected chi connectivity index (χ0v) is 14.7. The number of sulfone groups is 1. The predicted molar refractivity (Wildman–Crippen MR) is 91.4 cm³/mol. The number of esters is 1. The van der Waals surface area contributed by atoms with Crippen molar-refractivity contribution in [2.45, 2.75) is 10.8 Å². The summed E-state index contributed by atoms with van der Waals surface area (Å²) >= 11 is 6.07. The van der Waals surface area contributed by atoms with E-state index in [0.717, 1.165) is 31.4 Å². The van der Waals surface area contributed by atoms with Gasteiger partial charge >= 0.3 is 5.97 Å². The number of carbonyl (C=O) groups excluding carboxylic acids is 1. The van der Waals surface area contributed by atoms with Gasteiger partial charge in [0, 0.05) is 17.2 Å². The van der Waals surface area contributed by atoms with Crippen LogP contribution in [0.25, 0.3) is 0 Å². The summed E-state index contributed by atoms with van der Waals surface area (Å²) in [6.45, 7) is 0. The van der Waals surface area contributed by atoms with Crippen molar-refractivity contribution >= 4 is 33.1 Å². The monoisotopic (exact) mass is 383 g/mol. The van der Waals surface area contributed by atoms with Gasteiger partial charge in [-0.2, -0.15) is 0 Å². The number of nitro benzene ring substituents is 1. The van der Waals surface area contributed by atoms with Crippen molar-refractivity contribution in [2.75, 3.05) is 12.9 Å². The maximum absolute atomic E-state index is 12.6. The Kier molecular flexibility index (Phi) is 5.76. The molecule has 0 saturated carbocycles. The van der Waals surface area contributed by atoms with E-state index in [0.29, 0.717) is 5.56 Å². The molecule has 0 heterocycles. The Morgan fingerprint density at radius 3 is 2.32 bits per heavy atom. The van der Waals surface area contributed by atoms with E-state index >= 15 is 0 Å². The zero-order chi connectivity index (χ0) is 18.6. The van der Waals surface area contributed by atoms with E-state index < -0.39 is 32.4 Å². The van der Waals surface area contributed by atoms with Gasteiger partial charge < -0.3 is 4.74 Å². The lowest BCUT2D eigenvalue weighted by Gasteiger charge is -2.16. The molecule has 0 saturated heterocycles. The van der Waals surface area contributed by atoms with Gasteiger partial charge in [-0.05, 0) is 23.8 Å². The number of methoxy groups -OCH3 is 1. The lowest BCUT2D eigenvalue weighted by atomic mass is 10.0. The first kappa shape index (κ1) is 18.9. The maximum atomic E-state index is 12.6. The summed E-state index contributed by atoms with van der Waals surface area (Å²) in [5, 5.41) is 10.9. The third-order valence-electron chi connectivity index (χ3n) is 3.56. The second-order valence-corrected chi connectivity index (χ2v) is 7.57. The number of rotatable bonds is 6. The lowest BCUT2D eigenvalue weighted by Crippen LogP contribution is -2.24. The fourth-order valence-electron chi connectivity index (χ4n) is 2.28. The molecule has 0 aliphatic rings. The van der Waals surface area contributed by atoms with Gasteiger partial charge in [0.2, 0.25) is 0 Å². The molecule has 0 unspecified atom stereocenters. The lowest BCUT2D eigenvalue weighted by molar-refractivity contribution is -0.384. The molecule has 0 amide bonds. The Balaban J connectivity index is 2.39. The zero-order valence-electron chi connectivity index (χ0n) is 13.1. The third-order valence-corrected chi connectivity index (χ3v) is 5.67. The van der Waals surface area contributed by atoms with Crippen LogP contribution in [0.2, 0.25) is 5.02 Å². The van der Waals surface area contributed by atoms with Gasteiger partial charge in [0.25, 0.3) is 5.69 Å². The van der Waals surface area contributed by atoms with Gasteiger partial charge in [-0.3, -0.25) is 14.9 Å². The molecule has 9 heteroatoms. The summed E-state index contributed by atoms with van der Waals surface area (Å²) < 4.78 is 29.9. The van der Waals surface area contributed by atoms with Gasteiger partial charge in [0.1, 0.15) is 0 Å². The number of nitro groups is 1. The van der Waals surface area contributed by atoms with Gasteiger partial charge in [0.05, 0.1) is 28.6 Å². The molecule has 7 nitrogen and oxygen atoms in total. The highest BCUT2D eigenvalue weighted by Crippen LogP contribution is 2.29. The van der Waals surface area contributed by atoms with Gasteiger partial charge in [-0.15, -0.1) is 0 Å². The molecule has 2 rings (SSSR count). The fraction of sp³-hybridized carbons (Fsp3) is 0.188. The number of carbonyl (C=O) groups is 1. The number of benzene rings is 2. The van der Waals surface area contributed by atoms with E-state index in [1.807, 2.05) is 0 Å². The summed E-state index contributed by atoms with van der Waals surface area (Å²) in [6, 6.07) is 10.8. The smallest absolute Gasteiger partial charge is 0.314 e. The van der Waals surface area contributed by atoms with E-state index in [9.17, 15) is 23.3 Å². The summed E-state index contributed by atoms with van der Waals surface area (Å²) in [5.41, 5.74) is 0.107. The first-order valence-corrected chi connectivity index (χ1v) is 9.08. The van der Waals surface area contributed by atoms with Crippen LogP contribution in [0.3, 0.4) is 0 Å². The largest absolute Gasteiger partial charge is 0.469 e. The van der Waals surface area contributed by atoms with E-state index in [1.54, 1.807) is 24.3 Å². The molecule has 0 aliphatic heterocycles. The van der Waals surface area contributed by atoms with Crippen molar-refractivity contribution in [3.8, 4) is 0 Å². The molecule has 0 N–H and O–H groups in total. The fourth-order valence-corrected chi connectivity index (χ4v) is 4.04. The second-order valence-electron chi connectivity index (χ2n) is 5.13. The Labute approximate surface area is 149 Å². The summed E-state index contributed by atoms with van der Waals surface area (Å²) in [5.74, 6) is -2.42. The van der Waals surface area contributed by atoms with E-state index in [1.165, 1.54) is 0 Å². The minimum Gasteiger partial charge on any atom is -0.469 e.